The van der Waals surface area contributed by atoms with Crippen molar-refractivity contribution in [3.05, 3.63) is 27.8 Å². The van der Waals surface area contributed by atoms with Gasteiger partial charge >= 0.3 is 5.69 Å². The summed E-state index contributed by atoms with van der Waals surface area (Å²) >= 11 is 0. The SMILES string of the molecule is COc1cc(C(C)C=O)cc([N+](=O)[O-])c1OC. The lowest BCUT2D eigenvalue weighted by Gasteiger charge is -2.11. The summed E-state index contributed by atoms with van der Waals surface area (Å²) in [6.45, 7) is 1.65. The van der Waals surface area contributed by atoms with Gasteiger partial charge in [0.2, 0.25) is 5.75 Å². The van der Waals surface area contributed by atoms with Crippen molar-refractivity contribution >= 4 is 12.0 Å². The number of hydrogen-bond donors (Lipinski definition) is 0. The molecule has 0 aliphatic rings. The first-order valence-electron chi connectivity index (χ1n) is 4.90. The van der Waals surface area contributed by atoms with Gasteiger partial charge in [-0.15, -0.1) is 0 Å². The zero-order valence-electron chi connectivity index (χ0n) is 9.80. The second-order valence-electron chi connectivity index (χ2n) is 3.46. The molecule has 0 aliphatic heterocycles. The first kappa shape index (κ1) is 13.0. The first-order chi connectivity index (χ1) is 8.04. The van der Waals surface area contributed by atoms with E-state index in [1.165, 1.54) is 20.3 Å². The molecule has 17 heavy (non-hydrogen) atoms. The maximum Gasteiger partial charge on any atom is 0.315 e. The summed E-state index contributed by atoms with van der Waals surface area (Å²) in [6.07, 6.45) is 0.713. The molecule has 6 nitrogen and oxygen atoms in total. The highest BCUT2D eigenvalue weighted by atomic mass is 16.6. The number of nitro groups is 1. The summed E-state index contributed by atoms with van der Waals surface area (Å²) in [5, 5.41) is 10.9. The van der Waals surface area contributed by atoms with Gasteiger partial charge in [-0.3, -0.25) is 10.1 Å². The van der Waals surface area contributed by atoms with E-state index in [1.807, 2.05) is 0 Å². The molecule has 1 atom stereocenters. The van der Waals surface area contributed by atoms with Gasteiger partial charge in [0.25, 0.3) is 0 Å². The molecule has 0 aromatic heterocycles. The van der Waals surface area contributed by atoms with Crippen molar-refractivity contribution in [1.29, 1.82) is 0 Å². The van der Waals surface area contributed by atoms with Gasteiger partial charge in [-0.2, -0.15) is 0 Å². The number of benzene rings is 1. The quantitative estimate of drug-likeness (QED) is 0.445. The van der Waals surface area contributed by atoms with E-state index in [1.54, 1.807) is 13.0 Å². The Morgan fingerprint density at radius 2 is 2.00 bits per heavy atom. The fourth-order valence-electron chi connectivity index (χ4n) is 1.44. The zero-order chi connectivity index (χ0) is 13.0. The zero-order valence-corrected chi connectivity index (χ0v) is 9.80. The standard InChI is InChI=1S/C11H13NO5/c1-7(6-13)8-4-9(12(14)15)11(17-3)10(5-8)16-2/h4-7H,1-3H3. The third kappa shape index (κ3) is 2.52. The maximum atomic E-state index is 10.9. The van der Waals surface area contributed by atoms with Crippen molar-refractivity contribution in [1.82, 2.24) is 0 Å². The van der Waals surface area contributed by atoms with Crippen LogP contribution in [-0.2, 0) is 4.79 Å². The van der Waals surface area contributed by atoms with E-state index in [0.29, 0.717) is 11.8 Å². The molecular formula is C11H13NO5. The smallest absolute Gasteiger partial charge is 0.315 e. The molecule has 0 aliphatic carbocycles. The summed E-state index contributed by atoms with van der Waals surface area (Å²) in [6, 6.07) is 2.88. The maximum absolute atomic E-state index is 10.9. The second kappa shape index (κ2) is 5.29. The van der Waals surface area contributed by atoms with Gasteiger partial charge in [0, 0.05) is 12.0 Å². The average Bonchev–Trinajstić information content (AvgIpc) is 2.35. The van der Waals surface area contributed by atoms with Crippen LogP contribution in [0.25, 0.3) is 0 Å². The first-order valence-corrected chi connectivity index (χ1v) is 4.90. The number of carbonyl (C=O) groups excluding carboxylic acids is 1. The highest BCUT2D eigenvalue weighted by Crippen LogP contribution is 2.39. The normalized spacial score (nSPS) is 11.7. The largest absolute Gasteiger partial charge is 0.493 e. The molecule has 0 amide bonds. The third-order valence-corrected chi connectivity index (χ3v) is 2.41. The monoisotopic (exact) mass is 239 g/mol. The van der Waals surface area contributed by atoms with Gasteiger partial charge in [-0.05, 0) is 11.6 Å². The van der Waals surface area contributed by atoms with Crippen LogP contribution in [0, 0.1) is 10.1 Å². The minimum Gasteiger partial charge on any atom is -0.493 e. The Bertz CT molecular complexity index is 444. The van der Waals surface area contributed by atoms with Gasteiger partial charge in [-0.25, -0.2) is 0 Å². The Morgan fingerprint density at radius 1 is 1.35 bits per heavy atom. The lowest BCUT2D eigenvalue weighted by atomic mass is 10.0. The summed E-state index contributed by atoms with van der Waals surface area (Å²) in [5.41, 5.74) is 0.305. The van der Waals surface area contributed by atoms with Crippen molar-refractivity contribution in [3.63, 3.8) is 0 Å². The molecule has 1 aromatic rings. The highest BCUT2D eigenvalue weighted by Gasteiger charge is 2.22. The average molecular weight is 239 g/mol. The number of rotatable bonds is 5. The predicted octanol–water partition coefficient (Wildman–Crippen LogP) is 1.91. The van der Waals surface area contributed by atoms with E-state index >= 15 is 0 Å². The van der Waals surface area contributed by atoms with Crippen molar-refractivity contribution < 1.29 is 19.2 Å². The Labute approximate surface area is 98.3 Å². The predicted molar refractivity (Wildman–Crippen MR) is 60.7 cm³/mol. The van der Waals surface area contributed by atoms with E-state index in [-0.39, 0.29) is 17.2 Å². The summed E-state index contributed by atoms with van der Waals surface area (Å²) in [5.74, 6) is -0.141. The van der Waals surface area contributed by atoms with Crippen molar-refractivity contribution in [2.45, 2.75) is 12.8 Å². The van der Waals surface area contributed by atoms with Crippen LogP contribution >= 0.6 is 0 Å². The number of aldehydes is 1. The molecule has 0 spiro atoms. The molecule has 6 heteroatoms. The van der Waals surface area contributed by atoms with Gasteiger partial charge in [-0.1, -0.05) is 6.92 Å². The lowest BCUT2D eigenvalue weighted by molar-refractivity contribution is -0.385. The Balaban J connectivity index is 3.44. The summed E-state index contributed by atoms with van der Waals surface area (Å²) < 4.78 is 9.96. The summed E-state index contributed by atoms with van der Waals surface area (Å²) in [4.78, 5) is 21.0. The number of carbonyl (C=O) groups is 1. The number of ether oxygens (including phenoxy) is 2. The molecule has 1 unspecified atom stereocenters. The van der Waals surface area contributed by atoms with Gasteiger partial charge < -0.3 is 14.3 Å². The molecule has 1 rings (SSSR count). The molecule has 0 saturated heterocycles. The van der Waals surface area contributed by atoms with Crippen LogP contribution in [0.1, 0.15) is 18.4 Å². The number of methoxy groups -OCH3 is 2. The van der Waals surface area contributed by atoms with E-state index in [0.717, 1.165) is 0 Å². The van der Waals surface area contributed by atoms with Gasteiger partial charge in [0.1, 0.15) is 6.29 Å². The van der Waals surface area contributed by atoms with Crippen molar-refractivity contribution in [2.24, 2.45) is 0 Å². The van der Waals surface area contributed by atoms with E-state index in [4.69, 9.17) is 9.47 Å². The second-order valence-corrected chi connectivity index (χ2v) is 3.46. The fraction of sp³-hybridized carbons (Fsp3) is 0.364. The lowest BCUT2D eigenvalue weighted by Crippen LogP contribution is -2.01. The number of hydrogen-bond acceptors (Lipinski definition) is 5. The fourth-order valence-corrected chi connectivity index (χ4v) is 1.44. The molecule has 92 valence electrons. The minimum absolute atomic E-state index is 0.0550. The topological polar surface area (TPSA) is 78.7 Å². The molecule has 0 saturated carbocycles. The van der Waals surface area contributed by atoms with E-state index in [2.05, 4.69) is 0 Å². The number of nitro benzene ring substituents is 1. The van der Waals surface area contributed by atoms with Crippen LogP contribution in [0.15, 0.2) is 12.1 Å². The van der Waals surface area contributed by atoms with Crippen LogP contribution in [0.2, 0.25) is 0 Å². The molecule has 0 heterocycles. The highest BCUT2D eigenvalue weighted by molar-refractivity contribution is 5.66. The van der Waals surface area contributed by atoms with Crippen LogP contribution < -0.4 is 9.47 Å². The van der Waals surface area contributed by atoms with Crippen molar-refractivity contribution in [3.8, 4) is 11.5 Å². The molecular weight excluding hydrogens is 226 g/mol. The van der Waals surface area contributed by atoms with Gasteiger partial charge in [0.05, 0.1) is 19.1 Å². The van der Waals surface area contributed by atoms with Crippen LogP contribution in [0.4, 0.5) is 5.69 Å². The van der Waals surface area contributed by atoms with E-state index in [9.17, 15) is 14.9 Å². The van der Waals surface area contributed by atoms with Crippen molar-refractivity contribution in [2.75, 3.05) is 14.2 Å². The Hall–Kier alpha value is -2.11. The van der Waals surface area contributed by atoms with E-state index < -0.39 is 10.8 Å². The van der Waals surface area contributed by atoms with Crippen LogP contribution in [0.3, 0.4) is 0 Å². The molecule has 0 bridgehead atoms. The molecule has 1 aromatic carbocycles. The van der Waals surface area contributed by atoms with Crippen LogP contribution in [0.5, 0.6) is 11.5 Å². The molecule has 0 radical (unpaired) electrons. The minimum atomic E-state index is -0.567. The Kier molecular flexibility index (Phi) is 4.03. The summed E-state index contributed by atoms with van der Waals surface area (Å²) in [7, 11) is 2.71. The third-order valence-electron chi connectivity index (χ3n) is 2.41. The van der Waals surface area contributed by atoms with Crippen LogP contribution in [-0.4, -0.2) is 25.4 Å². The molecule has 0 fully saturated rings. The number of nitrogens with zero attached hydrogens (tertiary/aromatic N) is 1. The van der Waals surface area contributed by atoms with Gasteiger partial charge in [0.15, 0.2) is 5.75 Å². The Morgan fingerprint density at radius 3 is 2.41 bits per heavy atom. The molecule has 0 N–H and O–H groups in total.